The van der Waals surface area contributed by atoms with Gasteiger partial charge in [-0.2, -0.15) is 5.10 Å². The first kappa shape index (κ1) is 17.7. The molecule has 0 aromatic heterocycles. The van der Waals surface area contributed by atoms with Gasteiger partial charge in [0.05, 0.1) is 0 Å². The molecule has 2 aromatic carbocycles. The number of nitrogens with one attached hydrogen (secondary N) is 1. The van der Waals surface area contributed by atoms with E-state index in [0.717, 1.165) is 23.3 Å². The highest BCUT2D eigenvalue weighted by Crippen LogP contribution is 2.20. The standard InChI is InChI=1S/C20H24N2O2/c1-15-8-7-11-19(17(15)3)24-14-20(23)22-21-13-12-16(2)18-9-5-4-6-10-18/h4-11,13,16H,12,14H2,1-3H3,(H,22,23)/b21-13-/t16-/m0/s1. The number of carbonyl (C=O) groups is 1. The molecule has 126 valence electrons. The van der Waals surface area contributed by atoms with Crippen LogP contribution >= 0.6 is 0 Å². The molecular formula is C20H24N2O2. The van der Waals surface area contributed by atoms with E-state index in [-0.39, 0.29) is 12.5 Å². The predicted molar refractivity (Wildman–Crippen MR) is 97.5 cm³/mol. The molecule has 0 spiro atoms. The molecule has 4 heteroatoms. The molecule has 4 nitrogen and oxygen atoms in total. The fourth-order valence-corrected chi connectivity index (χ4v) is 2.30. The number of amides is 1. The van der Waals surface area contributed by atoms with Crippen LogP contribution in [0.2, 0.25) is 0 Å². The highest BCUT2D eigenvalue weighted by molar-refractivity contribution is 5.78. The number of benzene rings is 2. The van der Waals surface area contributed by atoms with Crippen molar-refractivity contribution in [3.8, 4) is 5.75 Å². The number of aryl methyl sites for hydroxylation is 1. The molecule has 0 aliphatic heterocycles. The van der Waals surface area contributed by atoms with Gasteiger partial charge in [0.25, 0.3) is 5.91 Å². The summed E-state index contributed by atoms with van der Waals surface area (Å²) in [4.78, 5) is 11.8. The van der Waals surface area contributed by atoms with Crippen molar-refractivity contribution in [2.45, 2.75) is 33.1 Å². The van der Waals surface area contributed by atoms with Crippen molar-refractivity contribution in [2.24, 2.45) is 5.10 Å². The van der Waals surface area contributed by atoms with Crippen LogP contribution in [-0.4, -0.2) is 18.7 Å². The van der Waals surface area contributed by atoms with Crippen LogP contribution in [0.5, 0.6) is 5.75 Å². The molecule has 0 aliphatic rings. The van der Waals surface area contributed by atoms with E-state index in [0.29, 0.717) is 5.92 Å². The molecule has 0 saturated heterocycles. The third kappa shape index (κ3) is 5.23. The summed E-state index contributed by atoms with van der Waals surface area (Å²) in [5.74, 6) is 0.824. The number of hydrogen-bond acceptors (Lipinski definition) is 3. The topological polar surface area (TPSA) is 50.7 Å². The first-order valence-electron chi connectivity index (χ1n) is 8.12. The number of hydrazone groups is 1. The van der Waals surface area contributed by atoms with Gasteiger partial charge in [0, 0.05) is 6.21 Å². The zero-order valence-electron chi connectivity index (χ0n) is 14.5. The summed E-state index contributed by atoms with van der Waals surface area (Å²) < 4.78 is 5.54. The van der Waals surface area contributed by atoms with Gasteiger partial charge in [-0.05, 0) is 48.9 Å². The van der Waals surface area contributed by atoms with Crippen LogP contribution in [0, 0.1) is 13.8 Å². The lowest BCUT2D eigenvalue weighted by atomic mass is 9.99. The van der Waals surface area contributed by atoms with Crippen molar-refractivity contribution in [3.05, 3.63) is 65.2 Å². The van der Waals surface area contributed by atoms with E-state index in [2.05, 4.69) is 29.6 Å². The van der Waals surface area contributed by atoms with Crippen molar-refractivity contribution in [1.29, 1.82) is 0 Å². The van der Waals surface area contributed by atoms with Crippen molar-refractivity contribution in [1.82, 2.24) is 5.43 Å². The molecule has 24 heavy (non-hydrogen) atoms. The van der Waals surface area contributed by atoms with Crippen LogP contribution in [0.4, 0.5) is 0 Å². The molecule has 0 heterocycles. The van der Waals surface area contributed by atoms with Crippen LogP contribution in [-0.2, 0) is 4.79 Å². The summed E-state index contributed by atoms with van der Waals surface area (Å²) in [6.07, 6.45) is 2.50. The van der Waals surface area contributed by atoms with Crippen molar-refractivity contribution < 1.29 is 9.53 Å². The Balaban J connectivity index is 1.74. The van der Waals surface area contributed by atoms with E-state index in [1.807, 2.05) is 50.2 Å². The van der Waals surface area contributed by atoms with E-state index in [1.165, 1.54) is 5.56 Å². The maximum absolute atomic E-state index is 11.8. The molecule has 2 rings (SSSR count). The van der Waals surface area contributed by atoms with Gasteiger partial charge >= 0.3 is 0 Å². The molecule has 1 amide bonds. The predicted octanol–water partition coefficient (Wildman–Crippen LogP) is 3.98. The van der Waals surface area contributed by atoms with Crippen LogP contribution in [0.25, 0.3) is 0 Å². The molecule has 0 fully saturated rings. The van der Waals surface area contributed by atoms with Crippen molar-refractivity contribution in [2.75, 3.05) is 6.61 Å². The summed E-state index contributed by atoms with van der Waals surface area (Å²) >= 11 is 0. The number of nitrogens with zero attached hydrogens (tertiary/aromatic N) is 1. The minimum Gasteiger partial charge on any atom is -0.483 e. The average Bonchev–Trinajstić information content (AvgIpc) is 2.60. The van der Waals surface area contributed by atoms with Gasteiger partial charge in [0.15, 0.2) is 6.61 Å². The Morgan fingerprint density at radius 1 is 1.17 bits per heavy atom. The Kier molecular flexibility index (Phi) is 6.55. The monoisotopic (exact) mass is 324 g/mol. The summed E-state index contributed by atoms with van der Waals surface area (Å²) in [6, 6.07) is 16.0. The van der Waals surface area contributed by atoms with Gasteiger partial charge in [-0.15, -0.1) is 0 Å². The van der Waals surface area contributed by atoms with Gasteiger partial charge in [-0.3, -0.25) is 4.79 Å². The summed E-state index contributed by atoms with van der Waals surface area (Å²) in [6.45, 7) is 6.08. The molecular weight excluding hydrogens is 300 g/mol. The van der Waals surface area contributed by atoms with E-state index in [4.69, 9.17) is 4.74 Å². The SMILES string of the molecule is Cc1cccc(OCC(=O)N/N=C\C[C@H](C)c2ccccc2)c1C. The fourth-order valence-electron chi connectivity index (χ4n) is 2.30. The Morgan fingerprint density at radius 2 is 1.92 bits per heavy atom. The lowest BCUT2D eigenvalue weighted by molar-refractivity contribution is -0.123. The minimum absolute atomic E-state index is 0.0458. The van der Waals surface area contributed by atoms with Gasteiger partial charge in [-0.1, -0.05) is 49.4 Å². The highest BCUT2D eigenvalue weighted by Gasteiger charge is 2.06. The summed E-state index contributed by atoms with van der Waals surface area (Å²) in [5.41, 5.74) is 5.94. The quantitative estimate of drug-likeness (QED) is 0.619. The van der Waals surface area contributed by atoms with Crippen molar-refractivity contribution >= 4 is 12.1 Å². The normalized spacial score (nSPS) is 12.1. The van der Waals surface area contributed by atoms with E-state index >= 15 is 0 Å². The second-order valence-electron chi connectivity index (χ2n) is 5.88. The number of ether oxygens (including phenoxy) is 1. The fraction of sp³-hybridized carbons (Fsp3) is 0.300. The molecule has 0 radical (unpaired) electrons. The lowest BCUT2D eigenvalue weighted by Gasteiger charge is -2.10. The third-order valence-electron chi connectivity index (χ3n) is 4.02. The molecule has 1 atom stereocenters. The molecule has 0 saturated carbocycles. The van der Waals surface area contributed by atoms with Gasteiger partial charge < -0.3 is 4.74 Å². The van der Waals surface area contributed by atoms with Crippen LogP contribution in [0.15, 0.2) is 53.6 Å². The first-order chi connectivity index (χ1) is 11.6. The van der Waals surface area contributed by atoms with E-state index < -0.39 is 0 Å². The van der Waals surface area contributed by atoms with Crippen LogP contribution in [0.1, 0.15) is 36.0 Å². The Hall–Kier alpha value is -2.62. The Labute approximate surface area is 143 Å². The van der Waals surface area contributed by atoms with Gasteiger partial charge in [-0.25, -0.2) is 5.43 Å². The van der Waals surface area contributed by atoms with E-state index in [1.54, 1.807) is 6.21 Å². The molecule has 2 aromatic rings. The number of hydrogen-bond donors (Lipinski definition) is 1. The van der Waals surface area contributed by atoms with E-state index in [9.17, 15) is 4.79 Å². The minimum atomic E-state index is -0.264. The third-order valence-corrected chi connectivity index (χ3v) is 4.02. The zero-order chi connectivity index (χ0) is 17.4. The Morgan fingerprint density at radius 3 is 2.67 bits per heavy atom. The highest BCUT2D eigenvalue weighted by atomic mass is 16.5. The molecule has 0 aliphatic carbocycles. The molecule has 0 unspecified atom stereocenters. The number of rotatable bonds is 7. The summed E-state index contributed by atoms with van der Waals surface area (Å²) in [7, 11) is 0. The van der Waals surface area contributed by atoms with Gasteiger partial charge in [0.2, 0.25) is 0 Å². The lowest BCUT2D eigenvalue weighted by Crippen LogP contribution is -2.24. The second kappa shape index (κ2) is 8.87. The smallest absolute Gasteiger partial charge is 0.277 e. The largest absolute Gasteiger partial charge is 0.483 e. The van der Waals surface area contributed by atoms with Crippen LogP contribution in [0.3, 0.4) is 0 Å². The average molecular weight is 324 g/mol. The first-order valence-corrected chi connectivity index (χ1v) is 8.12. The second-order valence-corrected chi connectivity index (χ2v) is 5.88. The molecule has 1 N–H and O–H groups in total. The maximum Gasteiger partial charge on any atom is 0.277 e. The Bertz CT molecular complexity index is 696. The maximum atomic E-state index is 11.8. The zero-order valence-corrected chi connectivity index (χ0v) is 14.5. The van der Waals surface area contributed by atoms with Crippen LogP contribution < -0.4 is 10.2 Å². The van der Waals surface area contributed by atoms with Gasteiger partial charge in [0.1, 0.15) is 5.75 Å². The number of carbonyl (C=O) groups excluding carboxylic acids is 1. The van der Waals surface area contributed by atoms with Crippen molar-refractivity contribution in [3.63, 3.8) is 0 Å². The molecule has 0 bridgehead atoms. The summed E-state index contributed by atoms with van der Waals surface area (Å²) in [5, 5.41) is 3.98.